The van der Waals surface area contributed by atoms with Crippen LogP contribution in [0.1, 0.15) is 16.9 Å². The van der Waals surface area contributed by atoms with Crippen LogP contribution in [0.3, 0.4) is 0 Å². The first-order chi connectivity index (χ1) is 12.8. The molecule has 0 bridgehead atoms. The fourth-order valence-corrected chi connectivity index (χ4v) is 5.29. The third-order valence-electron chi connectivity index (χ3n) is 5.61. The topological polar surface area (TPSA) is 45.5 Å². The zero-order chi connectivity index (χ0) is 17.5. The van der Waals surface area contributed by atoms with Crippen LogP contribution in [0.15, 0.2) is 30.6 Å². The van der Waals surface area contributed by atoms with E-state index in [0.717, 1.165) is 35.8 Å². The second-order valence-corrected chi connectivity index (χ2v) is 8.46. The molecule has 5 nitrogen and oxygen atoms in total. The van der Waals surface area contributed by atoms with Gasteiger partial charge in [0.05, 0.1) is 38.6 Å². The van der Waals surface area contributed by atoms with E-state index in [4.69, 9.17) is 0 Å². The van der Waals surface area contributed by atoms with Crippen molar-refractivity contribution in [2.24, 2.45) is 0 Å². The summed E-state index contributed by atoms with van der Waals surface area (Å²) in [5, 5.41) is 4.77. The van der Waals surface area contributed by atoms with E-state index in [0.29, 0.717) is 0 Å². The smallest absolute Gasteiger partial charge is 0.142 e. The average Bonchev–Trinajstić information content (AvgIpc) is 3.24. The standard InChI is InChI=1S/C20H23N5S/c1-24-9-11-25(12-10-24)15-7-5-14(6-8-15)23-19-18-16-3-2-4-17(16)26-20(18)22-13-21-19/h5-8,13H,2-4,9-12H2,1H3,(H,21,22,23)/p+1. The van der Waals surface area contributed by atoms with Crippen LogP contribution in [0.2, 0.25) is 0 Å². The Kier molecular flexibility index (Phi) is 4.02. The summed E-state index contributed by atoms with van der Waals surface area (Å²) in [6.07, 6.45) is 5.28. The van der Waals surface area contributed by atoms with Crippen molar-refractivity contribution in [3.63, 3.8) is 0 Å². The van der Waals surface area contributed by atoms with E-state index < -0.39 is 0 Å². The molecule has 6 heteroatoms. The molecule has 2 N–H and O–H groups in total. The Labute approximate surface area is 157 Å². The SMILES string of the molecule is C[NH+]1CCN(c2ccc(Nc3ncnc4sc5c(c34)CCC5)cc2)CC1. The summed E-state index contributed by atoms with van der Waals surface area (Å²) in [5.41, 5.74) is 3.86. The van der Waals surface area contributed by atoms with Crippen molar-refractivity contribution < 1.29 is 4.90 Å². The molecule has 3 heterocycles. The summed E-state index contributed by atoms with van der Waals surface area (Å²) < 4.78 is 0. The highest BCUT2D eigenvalue weighted by molar-refractivity contribution is 7.19. The number of fused-ring (bicyclic) bond motifs is 3. The number of hydrogen-bond acceptors (Lipinski definition) is 5. The predicted molar refractivity (Wildman–Crippen MR) is 108 cm³/mol. The normalized spacial score (nSPS) is 17.7. The van der Waals surface area contributed by atoms with Crippen LogP contribution < -0.4 is 15.1 Å². The van der Waals surface area contributed by atoms with Gasteiger partial charge in [-0.2, -0.15) is 0 Å². The zero-order valence-corrected chi connectivity index (χ0v) is 15.9. The summed E-state index contributed by atoms with van der Waals surface area (Å²) in [5.74, 6) is 0.949. The van der Waals surface area contributed by atoms with Gasteiger partial charge in [0.1, 0.15) is 17.0 Å². The van der Waals surface area contributed by atoms with Crippen molar-refractivity contribution in [2.75, 3.05) is 43.4 Å². The molecule has 0 atom stereocenters. The highest BCUT2D eigenvalue weighted by Gasteiger charge is 2.21. The largest absolute Gasteiger partial charge is 0.360 e. The zero-order valence-electron chi connectivity index (χ0n) is 15.1. The second-order valence-electron chi connectivity index (χ2n) is 7.38. The third-order valence-corrected chi connectivity index (χ3v) is 6.81. The summed E-state index contributed by atoms with van der Waals surface area (Å²) in [4.78, 5) is 15.7. The monoisotopic (exact) mass is 366 g/mol. The Balaban J connectivity index is 1.39. The quantitative estimate of drug-likeness (QED) is 0.746. The molecule has 26 heavy (non-hydrogen) atoms. The Bertz CT molecular complexity index is 925. The Morgan fingerprint density at radius 3 is 2.69 bits per heavy atom. The number of quaternary nitrogens is 1. The molecular weight excluding hydrogens is 342 g/mol. The highest BCUT2D eigenvalue weighted by atomic mass is 32.1. The first-order valence-corrected chi connectivity index (χ1v) is 10.3. The highest BCUT2D eigenvalue weighted by Crippen LogP contribution is 2.39. The maximum absolute atomic E-state index is 4.54. The fourth-order valence-electron chi connectivity index (χ4n) is 4.06. The Hall–Kier alpha value is -2.18. The molecule has 0 spiro atoms. The molecule has 0 radical (unpaired) electrons. The molecule has 0 unspecified atom stereocenters. The molecule has 1 saturated heterocycles. The number of aromatic nitrogens is 2. The lowest BCUT2D eigenvalue weighted by atomic mass is 10.2. The van der Waals surface area contributed by atoms with Gasteiger partial charge in [-0.25, -0.2) is 9.97 Å². The van der Waals surface area contributed by atoms with Crippen LogP contribution in [0.4, 0.5) is 17.2 Å². The lowest BCUT2D eigenvalue weighted by Gasteiger charge is -2.31. The van der Waals surface area contributed by atoms with Crippen LogP contribution in [0.25, 0.3) is 10.2 Å². The van der Waals surface area contributed by atoms with Crippen molar-refractivity contribution in [3.8, 4) is 0 Å². The van der Waals surface area contributed by atoms with Gasteiger partial charge in [0.25, 0.3) is 0 Å². The number of thiophene rings is 1. The molecule has 1 aliphatic carbocycles. The average molecular weight is 367 g/mol. The van der Waals surface area contributed by atoms with Gasteiger partial charge in [-0.15, -0.1) is 11.3 Å². The Morgan fingerprint density at radius 1 is 1.08 bits per heavy atom. The van der Waals surface area contributed by atoms with Gasteiger partial charge in [0.15, 0.2) is 0 Å². The van der Waals surface area contributed by atoms with Crippen LogP contribution in [-0.2, 0) is 12.8 Å². The minimum Gasteiger partial charge on any atom is -0.360 e. The fraction of sp³-hybridized carbons (Fsp3) is 0.400. The summed E-state index contributed by atoms with van der Waals surface area (Å²) in [7, 11) is 2.27. The predicted octanol–water partition coefficient (Wildman–Crippen LogP) is 2.26. The van der Waals surface area contributed by atoms with Crippen molar-refractivity contribution in [1.82, 2.24) is 9.97 Å². The number of anilines is 3. The van der Waals surface area contributed by atoms with E-state index in [1.54, 1.807) is 11.2 Å². The Morgan fingerprint density at radius 2 is 1.88 bits per heavy atom. The van der Waals surface area contributed by atoms with Crippen LogP contribution >= 0.6 is 11.3 Å². The van der Waals surface area contributed by atoms with E-state index in [1.165, 1.54) is 47.4 Å². The number of benzene rings is 1. The van der Waals surface area contributed by atoms with Gasteiger partial charge < -0.3 is 15.1 Å². The summed E-state index contributed by atoms with van der Waals surface area (Å²) >= 11 is 1.83. The molecule has 3 aromatic rings. The molecule has 1 fully saturated rings. The number of piperazine rings is 1. The molecule has 0 saturated carbocycles. The first-order valence-electron chi connectivity index (χ1n) is 9.46. The van der Waals surface area contributed by atoms with E-state index in [2.05, 4.69) is 51.5 Å². The van der Waals surface area contributed by atoms with E-state index in [1.807, 2.05) is 11.3 Å². The molecule has 5 rings (SSSR count). The van der Waals surface area contributed by atoms with Crippen molar-refractivity contribution in [1.29, 1.82) is 0 Å². The van der Waals surface area contributed by atoms with E-state index >= 15 is 0 Å². The van der Waals surface area contributed by atoms with E-state index in [9.17, 15) is 0 Å². The first kappa shape index (κ1) is 16.0. The van der Waals surface area contributed by atoms with Gasteiger partial charge in [-0.3, -0.25) is 0 Å². The van der Waals surface area contributed by atoms with Crippen molar-refractivity contribution in [3.05, 3.63) is 41.0 Å². The second kappa shape index (κ2) is 6.52. The summed E-state index contributed by atoms with van der Waals surface area (Å²) in [6.45, 7) is 4.68. The van der Waals surface area contributed by atoms with Gasteiger partial charge in [-0.05, 0) is 49.1 Å². The van der Waals surface area contributed by atoms with Gasteiger partial charge in [-0.1, -0.05) is 0 Å². The number of hydrogen-bond donors (Lipinski definition) is 2. The maximum Gasteiger partial charge on any atom is 0.142 e. The minimum absolute atomic E-state index is 0.949. The molecule has 134 valence electrons. The molecule has 2 aromatic heterocycles. The number of rotatable bonds is 3. The summed E-state index contributed by atoms with van der Waals surface area (Å²) in [6, 6.07) is 8.78. The van der Waals surface area contributed by atoms with Crippen LogP contribution in [0.5, 0.6) is 0 Å². The van der Waals surface area contributed by atoms with Gasteiger partial charge in [0, 0.05) is 16.3 Å². The number of nitrogens with one attached hydrogen (secondary N) is 2. The number of nitrogens with zero attached hydrogens (tertiary/aromatic N) is 3. The van der Waals surface area contributed by atoms with Crippen LogP contribution in [0, 0.1) is 0 Å². The molecule has 1 aliphatic heterocycles. The molecule has 2 aliphatic rings. The maximum atomic E-state index is 4.54. The van der Waals surface area contributed by atoms with Gasteiger partial charge in [0.2, 0.25) is 0 Å². The van der Waals surface area contributed by atoms with Crippen LogP contribution in [-0.4, -0.2) is 43.2 Å². The van der Waals surface area contributed by atoms with Crippen molar-refractivity contribution >= 4 is 38.7 Å². The lowest BCUT2D eigenvalue weighted by Crippen LogP contribution is -3.12. The lowest BCUT2D eigenvalue weighted by molar-refractivity contribution is -0.880. The molecule has 1 aromatic carbocycles. The molecule has 0 amide bonds. The number of aryl methyl sites for hydroxylation is 2. The molecular formula is C20H24N5S+. The minimum atomic E-state index is 0.949. The number of likely N-dealkylation sites (N-methyl/N-ethyl adjacent to an activating group) is 1. The van der Waals surface area contributed by atoms with Crippen molar-refractivity contribution in [2.45, 2.75) is 19.3 Å². The third kappa shape index (κ3) is 2.83. The van der Waals surface area contributed by atoms with Gasteiger partial charge >= 0.3 is 0 Å². The van der Waals surface area contributed by atoms with E-state index in [-0.39, 0.29) is 0 Å².